The van der Waals surface area contributed by atoms with Crippen molar-refractivity contribution in [2.45, 2.75) is 18.4 Å². The Morgan fingerprint density at radius 2 is 2.19 bits per heavy atom. The van der Waals surface area contributed by atoms with Gasteiger partial charge in [-0.3, -0.25) is 14.2 Å². The summed E-state index contributed by atoms with van der Waals surface area (Å²) in [4.78, 5) is 10.5. The highest BCUT2D eigenvalue weighted by Crippen LogP contribution is 2.22. The van der Waals surface area contributed by atoms with E-state index in [2.05, 4.69) is 25.8 Å². The van der Waals surface area contributed by atoms with Crippen molar-refractivity contribution in [2.75, 3.05) is 4.72 Å². The van der Waals surface area contributed by atoms with Gasteiger partial charge in [0.25, 0.3) is 10.0 Å². The smallest absolute Gasteiger partial charge is 0.325 e. The zero-order valence-electron chi connectivity index (χ0n) is 10.9. The largest absolute Gasteiger partial charge is 0.480 e. The normalized spacial score (nSPS) is 11.3. The van der Waals surface area contributed by atoms with Crippen LogP contribution in [0.5, 0.6) is 0 Å². The first-order valence-corrected chi connectivity index (χ1v) is 8.09. The van der Waals surface area contributed by atoms with Crippen LogP contribution in [0.15, 0.2) is 40.0 Å². The Hall–Kier alpha value is -1.87. The fraction of sp³-hybridized carbons (Fsp3) is 0.167. The third kappa shape index (κ3) is 3.82. The quantitative estimate of drug-likeness (QED) is 0.832. The van der Waals surface area contributed by atoms with E-state index in [9.17, 15) is 13.2 Å². The molecule has 0 atom stereocenters. The van der Waals surface area contributed by atoms with Crippen molar-refractivity contribution in [2.24, 2.45) is 0 Å². The molecule has 0 aliphatic heterocycles. The van der Waals surface area contributed by atoms with Gasteiger partial charge in [0, 0.05) is 16.4 Å². The van der Waals surface area contributed by atoms with Crippen molar-refractivity contribution in [1.29, 1.82) is 0 Å². The molecule has 0 fully saturated rings. The minimum absolute atomic E-state index is 0.0968. The molecule has 0 spiro atoms. The molecule has 2 rings (SSSR count). The maximum Gasteiger partial charge on any atom is 0.325 e. The Bertz CT molecular complexity index is 786. The number of nitrogens with zero attached hydrogens (tertiary/aromatic N) is 2. The second-order valence-electron chi connectivity index (χ2n) is 4.34. The van der Waals surface area contributed by atoms with Crippen LogP contribution in [-0.2, 0) is 21.4 Å². The second kappa shape index (κ2) is 5.86. The van der Waals surface area contributed by atoms with Crippen molar-refractivity contribution in [3.63, 3.8) is 0 Å². The van der Waals surface area contributed by atoms with Crippen molar-refractivity contribution < 1.29 is 18.3 Å². The van der Waals surface area contributed by atoms with Gasteiger partial charge in [-0.25, -0.2) is 8.42 Å². The molecule has 2 N–H and O–H groups in total. The van der Waals surface area contributed by atoms with Gasteiger partial charge in [0.15, 0.2) is 0 Å². The van der Waals surface area contributed by atoms with Gasteiger partial charge >= 0.3 is 5.97 Å². The van der Waals surface area contributed by atoms with Gasteiger partial charge in [0.05, 0.1) is 6.20 Å². The molecule has 2 aromatic rings. The molecule has 0 aliphatic rings. The van der Waals surface area contributed by atoms with E-state index in [0.29, 0.717) is 5.69 Å². The molecular formula is C12H12BrN3O4S. The van der Waals surface area contributed by atoms with E-state index in [0.717, 1.165) is 20.9 Å². The van der Waals surface area contributed by atoms with Gasteiger partial charge in [-0.05, 0) is 24.6 Å². The maximum atomic E-state index is 12.2. The molecule has 9 heteroatoms. The van der Waals surface area contributed by atoms with E-state index >= 15 is 0 Å². The molecule has 1 aromatic heterocycles. The summed E-state index contributed by atoms with van der Waals surface area (Å²) in [5.41, 5.74) is 1.38. The van der Waals surface area contributed by atoms with E-state index in [1.807, 2.05) is 6.92 Å². The topological polar surface area (TPSA) is 101 Å². The summed E-state index contributed by atoms with van der Waals surface area (Å²) in [6.45, 7) is 1.49. The third-order valence-electron chi connectivity index (χ3n) is 2.64. The van der Waals surface area contributed by atoms with Crippen molar-refractivity contribution in [3.05, 3.63) is 40.6 Å². The lowest BCUT2D eigenvalue weighted by atomic mass is 10.2. The standard InChI is InChI=1S/C12H12BrN3O4S/c1-8-2-3-9(4-11(8)13)15-21(19,20)10-5-14-16(6-10)7-12(17)18/h2-6,15H,7H2,1H3,(H,17,18). The predicted molar refractivity (Wildman–Crippen MR) is 79.6 cm³/mol. The maximum absolute atomic E-state index is 12.2. The number of sulfonamides is 1. The molecule has 7 nitrogen and oxygen atoms in total. The Kier molecular flexibility index (Phi) is 4.33. The molecule has 1 heterocycles. The van der Waals surface area contributed by atoms with Crippen LogP contribution in [0.25, 0.3) is 0 Å². The summed E-state index contributed by atoms with van der Waals surface area (Å²) in [7, 11) is -3.80. The number of aryl methyl sites for hydroxylation is 1. The molecule has 21 heavy (non-hydrogen) atoms. The number of aliphatic carboxylic acids is 1. The van der Waals surface area contributed by atoms with Gasteiger partial charge in [0.1, 0.15) is 11.4 Å². The first-order valence-electron chi connectivity index (χ1n) is 5.81. The second-order valence-corrected chi connectivity index (χ2v) is 6.87. The molecule has 0 unspecified atom stereocenters. The van der Waals surface area contributed by atoms with Crippen molar-refractivity contribution in [3.8, 4) is 0 Å². The molecule has 0 saturated heterocycles. The summed E-state index contributed by atoms with van der Waals surface area (Å²) >= 11 is 3.32. The van der Waals surface area contributed by atoms with Gasteiger partial charge < -0.3 is 5.11 Å². The zero-order chi connectivity index (χ0) is 15.6. The van der Waals surface area contributed by atoms with Crippen molar-refractivity contribution >= 4 is 37.6 Å². The number of hydrogen-bond donors (Lipinski definition) is 2. The molecule has 0 bridgehead atoms. The Morgan fingerprint density at radius 1 is 1.48 bits per heavy atom. The van der Waals surface area contributed by atoms with Crippen LogP contribution < -0.4 is 4.72 Å². The SMILES string of the molecule is Cc1ccc(NS(=O)(=O)c2cnn(CC(=O)O)c2)cc1Br. The monoisotopic (exact) mass is 373 g/mol. The van der Waals surface area contributed by atoms with Gasteiger partial charge in [0.2, 0.25) is 0 Å². The molecule has 0 radical (unpaired) electrons. The van der Waals surface area contributed by atoms with Crippen LogP contribution >= 0.6 is 15.9 Å². The number of halogens is 1. The number of nitrogens with one attached hydrogen (secondary N) is 1. The molecule has 0 aliphatic carbocycles. The Morgan fingerprint density at radius 3 is 2.81 bits per heavy atom. The lowest BCUT2D eigenvalue weighted by Crippen LogP contribution is -2.13. The lowest BCUT2D eigenvalue weighted by molar-refractivity contribution is -0.137. The highest BCUT2D eigenvalue weighted by atomic mass is 79.9. The number of carbonyl (C=O) groups is 1. The van der Waals surface area contributed by atoms with E-state index in [1.165, 1.54) is 6.20 Å². The minimum atomic E-state index is -3.80. The summed E-state index contributed by atoms with van der Waals surface area (Å²) in [6.07, 6.45) is 2.27. The number of anilines is 1. The van der Waals surface area contributed by atoms with E-state index in [4.69, 9.17) is 5.11 Å². The third-order valence-corrected chi connectivity index (χ3v) is 4.83. The summed E-state index contributed by atoms with van der Waals surface area (Å²) < 4.78 is 28.6. The molecular weight excluding hydrogens is 362 g/mol. The fourth-order valence-electron chi connectivity index (χ4n) is 1.58. The van der Waals surface area contributed by atoms with E-state index < -0.39 is 22.5 Å². The van der Waals surface area contributed by atoms with Crippen LogP contribution in [0.4, 0.5) is 5.69 Å². The first-order chi connectivity index (χ1) is 9.78. The minimum Gasteiger partial charge on any atom is -0.480 e. The van der Waals surface area contributed by atoms with E-state index in [1.54, 1.807) is 18.2 Å². The van der Waals surface area contributed by atoms with Crippen LogP contribution in [0, 0.1) is 6.92 Å². The average Bonchev–Trinajstić information content (AvgIpc) is 2.82. The molecule has 0 amide bonds. The Labute approximate surface area is 129 Å². The van der Waals surface area contributed by atoms with Crippen molar-refractivity contribution in [1.82, 2.24) is 9.78 Å². The molecule has 1 aromatic carbocycles. The van der Waals surface area contributed by atoms with Gasteiger partial charge in [-0.15, -0.1) is 0 Å². The zero-order valence-corrected chi connectivity index (χ0v) is 13.3. The van der Waals surface area contributed by atoms with Crippen LogP contribution in [0.1, 0.15) is 5.56 Å². The summed E-state index contributed by atoms with van der Waals surface area (Å²) in [5.74, 6) is -1.10. The van der Waals surface area contributed by atoms with Gasteiger partial charge in [-0.1, -0.05) is 22.0 Å². The summed E-state index contributed by atoms with van der Waals surface area (Å²) in [5, 5.41) is 12.3. The highest BCUT2D eigenvalue weighted by Gasteiger charge is 2.17. The lowest BCUT2D eigenvalue weighted by Gasteiger charge is -2.07. The number of carboxylic acids is 1. The van der Waals surface area contributed by atoms with Crippen LogP contribution in [0.2, 0.25) is 0 Å². The average molecular weight is 374 g/mol. The van der Waals surface area contributed by atoms with Crippen LogP contribution in [-0.4, -0.2) is 29.3 Å². The summed E-state index contributed by atoms with van der Waals surface area (Å²) in [6, 6.07) is 5.06. The Balaban J connectivity index is 2.23. The number of carboxylic acid groups (broad SMARTS) is 1. The number of benzene rings is 1. The van der Waals surface area contributed by atoms with E-state index in [-0.39, 0.29) is 4.90 Å². The molecule has 112 valence electrons. The van der Waals surface area contributed by atoms with Gasteiger partial charge in [-0.2, -0.15) is 5.10 Å². The predicted octanol–water partition coefficient (Wildman–Crippen LogP) is 1.84. The number of aromatic nitrogens is 2. The van der Waals surface area contributed by atoms with Crippen LogP contribution in [0.3, 0.4) is 0 Å². The first kappa shape index (κ1) is 15.5. The molecule has 0 saturated carbocycles. The fourth-order valence-corrected chi connectivity index (χ4v) is 2.96. The highest BCUT2D eigenvalue weighted by molar-refractivity contribution is 9.10. The number of hydrogen-bond acceptors (Lipinski definition) is 4. The number of rotatable bonds is 5.